The van der Waals surface area contributed by atoms with E-state index in [0.29, 0.717) is 12.8 Å². The highest BCUT2D eigenvalue weighted by Gasteiger charge is 2.22. The van der Waals surface area contributed by atoms with E-state index in [1.807, 2.05) is 6.07 Å². The Morgan fingerprint density at radius 2 is 2.04 bits per heavy atom. The fourth-order valence-electron chi connectivity index (χ4n) is 3.24. The number of carbonyl (C=O) groups is 1. The Morgan fingerprint density at radius 3 is 2.79 bits per heavy atom. The second-order valence-corrected chi connectivity index (χ2v) is 6.20. The minimum atomic E-state index is -0.252. The molecule has 24 heavy (non-hydrogen) atoms. The fraction of sp³-hybridized carbons (Fsp3) is 0.350. The van der Waals surface area contributed by atoms with Crippen LogP contribution in [0.2, 0.25) is 0 Å². The Hall–Kier alpha value is -2.36. The summed E-state index contributed by atoms with van der Waals surface area (Å²) in [5.74, 6) is 0.641. The van der Waals surface area contributed by atoms with Gasteiger partial charge in [0, 0.05) is 6.42 Å². The van der Waals surface area contributed by atoms with E-state index in [9.17, 15) is 9.18 Å². The summed E-state index contributed by atoms with van der Waals surface area (Å²) in [6, 6.07) is 12.4. The highest BCUT2D eigenvalue weighted by Crippen LogP contribution is 2.32. The first-order valence-corrected chi connectivity index (χ1v) is 8.36. The van der Waals surface area contributed by atoms with Gasteiger partial charge in [0.2, 0.25) is 5.91 Å². The molecule has 2 aromatic rings. The zero-order valence-electron chi connectivity index (χ0n) is 13.8. The van der Waals surface area contributed by atoms with Gasteiger partial charge in [0.1, 0.15) is 11.6 Å². The summed E-state index contributed by atoms with van der Waals surface area (Å²) >= 11 is 0. The average molecular weight is 327 g/mol. The van der Waals surface area contributed by atoms with Crippen molar-refractivity contribution < 1.29 is 13.9 Å². The summed E-state index contributed by atoms with van der Waals surface area (Å²) < 4.78 is 18.2. The number of nitrogens with one attached hydrogen (secondary N) is 1. The second-order valence-electron chi connectivity index (χ2n) is 6.20. The first-order valence-electron chi connectivity index (χ1n) is 8.36. The van der Waals surface area contributed by atoms with Gasteiger partial charge in [0.15, 0.2) is 0 Å². The van der Waals surface area contributed by atoms with E-state index in [1.165, 1.54) is 23.3 Å². The molecule has 2 aromatic carbocycles. The van der Waals surface area contributed by atoms with Crippen LogP contribution in [-0.2, 0) is 17.6 Å². The van der Waals surface area contributed by atoms with Gasteiger partial charge < -0.3 is 10.1 Å². The fourth-order valence-corrected chi connectivity index (χ4v) is 3.24. The number of methoxy groups -OCH3 is 1. The first-order chi connectivity index (χ1) is 11.7. The van der Waals surface area contributed by atoms with Crippen LogP contribution in [0, 0.1) is 5.82 Å². The zero-order chi connectivity index (χ0) is 16.9. The van der Waals surface area contributed by atoms with Crippen LogP contribution >= 0.6 is 0 Å². The van der Waals surface area contributed by atoms with Crippen LogP contribution in [0.15, 0.2) is 42.5 Å². The van der Waals surface area contributed by atoms with Crippen LogP contribution in [0.3, 0.4) is 0 Å². The number of aryl methyl sites for hydroxylation is 2. The van der Waals surface area contributed by atoms with Crippen molar-refractivity contribution in [1.82, 2.24) is 5.32 Å². The molecule has 0 radical (unpaired) electrons. The molecule has 1 aliphatic carbocycles. The van der Waals surface area contributed by atoms with Crippen molar-refractivity contribution in [2.45, 2.75) is 38.1 Å². The maximum absolute atomic E-state index is 12.9. The minimum absolute atomic E-state index is 0.0352. The smallest absolute Gasteiger partial charge is 0.220 e. The molecule has 1 aliphatic rings. The van der Waals surface area contributed by atoms with Crippen molar-refractivity contribution in [2.75, 3.05) is 7.11 Å². The summed E-state index contributed by atoms with van der Waals surface area (Å²) in [6.07, 6.45) is 4.07. The number of amides is 1. The minimum Gasteiger partial charge on any atom is -0.497 e. The number of hydrogen-bond donors (Lipinski definition) is 1. The Labute approximate surface area is 141 Å². The maximum atomic E-state index is 12.9. The van der Waals surface area contributed by atoms with Gasteiger partial charge in [-0.3, -0.25) is 4.79 Å². The van der Waals surface area contributed by atoms with Gasteiger partial charge in [-0.1, -0.05) is 18.2 Å². The molecule has 0 bridgehead atoms. The predicted molar refractivity (Wildman–Crippen MR) is 91.5 cm³/mol. The average Bonchev–Trinajstić information content (AvgIpc) is 2.61. The molecule has 0 aliphatic heterocycles. The molecule has 126 valence electrons. The van der Waals surface area contributed by atoms with Crippen LogP contribution in [0.4, 0.5) is 4.39 Å². The van der Waals surface area contributed by atoms with Crippen LogP contribution in [0.25, 0.3) is 0 Å². The number of hydrogen-bond acceptors (Lipinski definition) is 2. The van der Waals surface area contributed by atoms with E-state index in [-0.39, 0.29) is 17.8 Å². The molecular formula is C20H22FNO2. The number of rotatable bonds is 5. The van der Waals surface area contributed by atoms with Crippen LogP contribution < -0.4 is 10.1 Å². The monoisotopic (exact) mass is 327 g/mol. The summed E-state index contributed by atoms with van der Waals surface area (Å²) in [5.41, 5.74) is 3.42. The van der Waals surface area contributed by atoms with Crippen molar-refractivity contribution in [2.24, 2.45) is 0 Å². The number of halogens is 1. The van der Waals surface area contributed by atoms with Crippen molar-refractivity contribution >= 4 is 5.91 Å². The maximum Gasteiger partial charge on any atom is 0.220 e. The number of carbonyl (C=O) groups excluding carboxylic acids is 1. The molecule has 0 spiro atoms. The van der Waals surface area contributed by atoms with Gasteiger partial charge in [0.25, 0.3) is 0 Å². The third kappa shape index (κ3) is 3.94. The largest absolute Gasteiger partial charge is 0.497 e. The topological polar surface area (TPSA) is 38.3 Å². The molecular weight excluding hydrogens is 305 g/mol. The van der Waals surface area contributed by atoms with Gasteiger partial charge in [-0.15, -0.1) is 0 Å². The molecule has 0 unspecified atom stereocenters. The number of fused-ring (bicyclic) bond motifs is 1. The number of benzene rings is 2. The van der Waals surface area contributed by atoms with E-state index in [0.717, 1.165) is 30.6 Å². The molecule has 1 amide bonds. The quantitative estimate of drug-likeness (QED) is 0.903. The van der Waals surface area contributed by atoms with Gasteiger partial charge >= 0.3 is 0 Å². The third-order valence-corrected chi connectivity index (χ3v) is 4.55. The normalized spacial score (nSPS) is 16.3. The zero-order valence-corrected chi connectivity index (χ0v) is 13.8. The molecule has 0 fully saturated rings. The standard InChI is InChI=1S/C20H22FNO2/c1-24-17-10-11-18-15(13-17)3-2-4-19(18)22-20(23)12-7-14-5-8-16(21)9-6-14/h5-6,8-11,13,19H,2-4,7,12H2,1H3,(H,22,23)/t19-/m1/s1. The molecule has 4 heteroatoms. The molecule has 1 atom stereocenters. The molecule has 1 N–H and O–H groups in total. The van der Waals surface area contributed by atoms with Crippen LogP contribution in [0.5, 0.6) is 5.75 Å². The summed E-state index contributed by atoms with van der Waals surface area (Å²) in [4.78, 5) is 12.3. The molecule has 0 saturated carbocycles. The van der Waals surface area contributed by atoms with E-state index in [1.54, 1.807) is 19.2 Å². The van der Waals surface area contributed by atoms with E-state index in [2.05, 4.69) is 17.4 Å². The molecule has 3 nitrogen and oxygen atoms in total. The van der Waals surface area contributed by atoms with Gasteiger partial charge in [0.05, 0.1) is 13.2 Å². The van der Waals surface area contributed by atoms with Crippen LogP contribution in [-0.4, -0.2) is 13.0 Å². The lowest BCUT2D eigenvalue weighted by Crippen LogP contribution is -2.31. The molecule has 0 heterocycles. The number of ether oxygens (including phenoxy) is 1. The Morgan fingerprint density at radius 1 is 1.25 bits per heavy atom. The molecule has 3 rings (SSSR count). The van der Waals surface area contributed by atoms with E-state index in [4.69, 9.17) is 4.74 Å². The second kappa shape index (κ2) is 7.47. The summed E-state index contributed by atoms with van der Waals surface area (Å²) in [7, 11) is 1.67. The van der Waals surface area contributed by atoms with Crippen molar-refractivity contribution in [3.8, 4) is 5.75 Å². The molecule has 0 aromatic heterocycles. The third-order valence-electron chi connectivity index (χ3n) is 4.55. The Kier molecular flexibility index (Phi) is 5.14. The van der Waals surface area contributed by atoms with Crippen molar-refractivity contribution in [1.29, 1.82) is 0 Å². The van der Waals surface area contributed by atoms with E-state index < -0.39 is 0 Å². The summed E-state index contributed by atoms with van der Waals surface area (Å²) in [5, 5.41) is 3.14. The SMILES string of the molecule is COc1ccc2c(c1)CCC[C@H]2NC(=O)CCc1ccc(F)cc1. The van der Waals surface area contributed by atoms with E-state index >= 15 is 0 Å². The first kappa shape index (κ1) is 16.5. The lowest BCUT2D eigenvalue weighted by molar-refractivity contribution is -0.121. The van der Waals surface area contributed by atoms with Gasteiger partial charge in [-0.05, 0) is 66.6 Å². The van der Waals surface area contributed by atoms with Crippen molar-refractivity contribution in [3.05, 3.63) is 65.0 Å². The highest BCUT2D eigenvalue weighted by atomic mass is 19.1. The van der Waals surface area contributed by atoms with Gasteiger partial charge in [-0.25, -0.2) is 4.39 Å². The lowest BCUT2D eigenvalue weighted by atomic mass is 9.87. The lowest BCUT2D eigenvalue weighted by Gasteiger charge is -2.27. The predicted octanol–water partition coefficient (Wildman–Crippen LogP) is 3.96. The van der Waals surface area contributed by atoms with Crippen LogP contribution in [0.1, 0.15) is 42.0 Å². The summed E-state index contributed by atoms with van der Waals surface area (Å²) in [6.45, 7) is 0. The Balaban J connectivity index is 1.60. The Bertz CT molecular complexity index is 712. The van der Waals surface area contributed by atoms with Crippen molar-refractivity contribution in [3.63, 3.8) is 0 Å². The molecule has 0 saturated heterocycles. The van der Waals surface area contributed by atoms with Gasteiger partial charge in [-0.2, -0.15) is 0 Å². The highest BCUT2D eigenvalue weighted by molar-refractivity contribution is 5.76.